The average Bonchev–Trinajstić information content (AvgIpc) is 2.98. The highest BCUT2D eigenvalue weighted by Gasteiger charge is 2.23. The molecule has 0 spiro atoms. The lowest BCUT2D eigenvalue weighted by atomic mass is 10.1. The van der Waals surface area contributed by atoms with Gasteiger partial charge in [0.25, 0.3) is 0 Å². The molecule has 1 aromatic heterocycles. The van der Waals surface area contributed by atoms with Crippen molar-refractivity contribution in [1.82, 2.24) is 4.57 Å². The lowest BCUT2D eigenvalue weighted by Gasteiger charge is -2.28. The van der Waals surface area contributed by atoms with Crippen LogP contribution in [0.15, 0.2) is 28.4 Å². The van der Waals surface area contributed by atoms with Crippen LogP contribution in [-0.4, -0.2) is 30.0 Å². The molecule has 1 aliphatic rings. The maximum Gasteiger partial charge on any atom is 0.307 e. The van der Waals surface area contributed by atoms with E-state index in [1.807, 2.05) is 6.92 Å². The number of hydrogen-bond acceptors (Lipinski definition) is 5. The Balaban J connectivity index is 1.71. The number of rotatable bonds is 6. The SMILES string of the molecule is COc1ccc(NC(=O)CCn2c(C)csc2=O)cc1N1CCCCC1=O. The summed E-state index contributed by atoms with van der Waals surface area (Å²) < 4.78 is 6.98. The number of thiazole rings is 1. The van der Waals surface area contributed by atoms with Crippen LogP contribution in [0.3, 0.4) is 0 Å². The molecule has 27 heavy (non-hydrogen) atoms. The van der Waals surface area contributed by atoms with Gasteiger partial charge < -0.3 is 19.5 Å². The number of aromatic nitrogens is 1. The predicted octanol–water partition coefficient (Wildman–Crippen LogP) is 2.77. The Labute approximate surface area is 161 Å². The van der Waals surface area contributed by atoms with Crippen molar-refractivity contribution in [2.45, 2.75) is 39.2 Å². The quantitative estimate of drug-likeness (QED) is 0.824. The maximum absolute atomic E-state index is 12.3. The van der Waals surface area contributed by atoms with Crippen molar-refractivity contribution in [1.29, 1.82) is 0 Å². The van der Waals surface area contributed by atoms with Gasteiger partial charge in [0.1, 0.15) is 5.75 Å². The molecule has 1 N–H and O–H groups in total. The minimum absolute atomic E-state index is 0.0596. The standard InChI is InChI=1S/C19H23N3O4S/c1-13-12-27-19(25)21(13)10-8-17(23)20-14-6-7-16(26-2)15(11-14)22-9-4-3-5-18(22)24/h6-7,11-12H,3-5,8-10H2,1-2H3,(H,20,23). The average molecular weight is 389 g/mol. The molecule has 0 saturated carbocycles. The number of aryl methyl sites for hydroxylation is 1. The Morgan fingerprint density at radius 3 is 2.78 bits per heavy atom. The Kier molecular flexibility index (Phi) is 5.95. The van der Waals surface area contributed by atoms with Gasteiger partial charge in [-0.15, -0.1) is 0 Å². The summed E-state index contributed by atoms with van der Waals surface area (Å²) in [6, 6.07) is 5.26. The van der Waals surface area contributed by atoms with Crippen LogP contribution in [0.25, 0.3) is 0 Å². The van der Waals surface area contributed by atoms with Gasteiger partial charge in [-0.05, 0) is 38.0 Å². The fraction of sp³-hybridized carbons (Fsp3) is 0.421. The molecular weight excluding hydrogens is 366 g/mol. The summed E-state index contributed by atoms with van der Waals surface area (Å²) in [5, 5.41) is 4.63. The zero-order chi connectivity index (χ0) is 19.4. The van der Waals surface area contributed by atoms with Crippen molar-refractivity contribution in [3.63, 3.8) is 0 Å². The molecule has 2 aromatic rings. The molecule has 1 aliphatic heterocycles. The van der Waals surface area contributed by atoms with Crippen LogP contribution in [-0.2, 0) is 16.1 Å². The lowest BCUT2D eigenvalue weighted by Crippen LogP contribution is -2.35. The van der Waals surface area contributed by atoms with Gasteiger partial charge >= 0.3 is 4.87 Å². The smallest absolute Gasteiger partial charge is 0.307 e. The topological polar surface area (TPSA) is 80.6 Å². The lowest BCUT2D eigenvalue weighted by molar-refractivity contribution is -0.119. The van der Waals surface area contributed by atoms with Crippen molar-refractivity contribution in [3.05, 3.63) is 38.9 Å². The molecule has 1 fully saturated rings. The normalized spacial score (nSPS) is 14.3. The minimum Gasteiger partial charge on any atom is -0.495 e. The molecule has 0 unspecified atom stereocenters. The molecule has 0 aliphatic carbocycles. The van der Waals surface area contributed by atoms with Crippen molar-refractivity contribution >= 4 is 34.5 Å². The summed E-state index contributed by atoms with van der Waals surface area (Å²) in [6.07, 6.45) is 2.56. The van der Waals surface area contributed by atoms with Gasteiger partial charge in [0, 0.05) is 42.7 Å². The van der Waals surface area contributed by atoms with Gasteiger partial charge in [-0.3, -0.25) is 14.4 Å². The third kappa shape index (κ3) is 4.39. The molecule has 2 amide bonds. The summed E-state index contributed by atoms with van der Waals surface area (Å²) in [6.45, 7) is 2.84. The zero-order valence-electron chi connectivity index (χ0n) is 15.5. The molecular formula is C19H23N3O4S. The van der Waals surface area contributed by atoms with Crippen molar-refractivity contribution in [2.75, 3.05) is 23.9 Å². The zero-order valence-corrected chi connectivity index (χ0v) is 16.3. The van der Waals surface area contributed by atoms with Gasteiger partial charge in [-0.2, -0.15) is 0 Å². The fourth-order valence-corrected chi connectivity index (χ4v) is 3.91. The third-order valence-corrected chi connectivity index (χ3v) is 5.50. The second-order valence-corrected chi connectivity index (χ2v) is 7.30. The number of methoxy groups -OCH3 is 1. The van der Waals surface area contributed by atoms with E-state index in [1.165, 1.54) is 0 Å². The molecule has 8 heteroatoms. The Hall–Kier alpha value is -2.61. The number of ether oxygens (including phenoxy) is 1. The highest BCUT2D eigenvalue weighted by molar-refractivity contribution is 7.07. The van der Waals surface area contributed by atoms with Crippen LogP contribution in [0, 0.1) is 6.92 Å². The molecule has 144 valence electrons. The Bertz CT molecular complexity index is 903. The van der Waals surface area contributed by atoms with E-state index in [-0.39, 0.29) is 23.1 Å². The van der Waals surface area contributed by atoms with Crippen LogP contribution in [0.1, 0.15) is 31.4 Å². The molecule has 1 aromatic carbocycles. The molecule has 3 rings (SSSR count). The van der Waals surface area contributed by atoms with Crippen LogP contribution < -0.4 is 19.8 Å². The number of amides is 2. The Morgan fingerprint density at radius 2 is 2.11 bits per heavy atom. The minimum atomic E-state index is -0.186. The number of piperidine rings is 1. The second-order valence-electron chi connectivity index (χ2n) is 6.48. The molecule has 1 saturated heterocycles. The van der Waals surface area contributed by atoms with E-state index < -0.39 is 0 Å². The fourth-order valence-electron chi connectivity index (χ4n) is 3.15. The highest BCUT2D eigenvalue weighted by Crippen LogP contribution is 2.33. The number of hydrogen-bond donors (Lipinski definition) is 1. The van der Waals surface area contributed by atoms with Crippen LogP contribution >= 0.6 is 11.3 Å². The Morgan fingerprint density at radius 1 is 1.30 bits per heavy atom. The van der Waals surface area contributed by atoms with E-state index in [9.17, 15) is 14.4 Å². The van der Waals surface area contributed by atoms with Crippen LogP contribution in [0.2, 0.25) is 0 Å². The largest absolute Gasteiger partial charge is 0.495 e. The van der Waals surface area contributed by atoms with E-state index in [0.29, 0.717) is 36.6 Å². The molecule has 2 heterocycles. The number of carbonyl (C=O) groups excluding carboxylic acids is 2. The van der Waals surface area contributed by atoms with Crippen molar-refractivity contribution in [3.8, 4) is 5.75 Å². The number of carbonyl (C=O) groups is 2. The number of benzene rings is 1. The van der Waals surface area contributed by atoms with Gasteiger partial charge in [-0.25, -0.2) is 0 Å². The number of nitrogens with zero attached hydrogens (tertiary/aromatic N) is 2. The maximum atomic E-state index is 12.3. The van der Waals surface area contributed by atoms with E-state index >= 15 is 0 Å². The monoisotopic (exact) mass is 389 g/mol. The molecule has 0 bridgehead atoms. The summed E-state index contributed by atoms with van der Waals surface area (Å²) in [5.41, 5.74) is 2.13. The second kappa shape index (κ2) is 8.39. The van der Waals surface area contributed by atoms with Gasteiger partial charge in [0.05, 0.1) is 12.8 Å². The van der Waals surface area contributed by atoms with Crippen LogP contribution in [0.5, 0.6) is 5.75 Å². The van der Waals surface area contributed by atoms with E-state index in [4.69, 9.17) is 4.74 Å². The van der Waals surface area contributed by atoms with E-state index in [0.717, 1.165) is 29.9 Å². The third-order valence-electron chi connectivity index (χ3n) is 4.62. The summed E-state index contributed by atoms with van der Waals surface area (Å²) in [7, 11) is 1.56. The predicted molar refractivity (Wildman–Crippen MR) is 106 cm³/mol. The summed E-state index contributed by atoms with van der Waals surface area (Å²) in [5.74, 6) is 0.479. The first-order chi connectivity index (χ1) is 13.0. The molecule has 7 nitrogen and oxygen atoms in total. The molecule has 0 radical (unpaired) electrons. The van der Waals surface area contributed by atoms with Gasteiger partial charge in [0.2, 0.25) is 11.8 Å². The number of anilines is 2. The van der Waals surface area contributed by atoms with E-state index in [1.54, 1.807) is 40.2 Å². The first-order valence-corrected chi connectivity index (χ1v) is 9.80. The summed E-state index contributed by atoms with van der Waals surface area (Å²) >= 11 is 1.13. The summed E-state index contributed by atoms with van der Waals surface area (Å²) in [4.78, 5) is 37.9. The van der Waals surface area contributed by atoms with Crippen molar-refractivity contribution < 1.29 is 14.3 Å². The van der Waals surface area contributed by atoms with Crippen molar-refractivity contribution in [2.24, 2.45) is 0 Å². The first-order valence-electron chi connectivity index (χ1n) is 8.93. The highest BCUT2D eigenvalue weighted by atomic mass is 32.1. The van der Waals surface area contributed by atoms with Gasteiger partial charge in [-0.1, -0.05) is 11.3 Å². The first kappa shape index (κ1) is 19.2. The number of nitrogens with one attached hydrogen (secondary N) is 1. The van der Waals surface area contributed by atoms with E-state index in [2.05, 4.69) is 5.32 Å². The van der Waals surface area contributed by atoms with Crippen LogP contribution in [0.4, 0.5) is 11.4 Å². The molecule has 0 atom stereocenters. The van der Waals surface area contributed by atoms with Gasteiger partial charge in [0.15, 0.2) is 0 Å².